The zero-order valence-electron chi connectivity index (χ0n) is 31.8. The summed E-state index contributed by atoms with van der Waals surface area (Å²) in [6.07, 6.45) is 0. The fourth-order valence-corrected chi connectivity index (χ4v) is 5.05. The topological polar surface area (TPSA) is 6.48 Å². The number of para-hydroxylation sites is 4. The average molecular weight is 573 g/mol. The first-order chi connectivity index (χ1) is 25.2. The Morgan fingerprint density at radius 3 is 0.750 bits per heavy atom. The molecule has 0 aliphatic rings. The number of anilines is 6. The Morgan fingerprint density at radius 1 is 0.250 bits per heavy atom. The Hall–Kier alpha value is -5.86. The van der Waals surface area contributed by atoms with Gasteiger partial charge in [0, 0.05) is 34.1 Å². The van der Waals surface area contributed by atoms with Crippen LogP contribution in [0.4, 0.5) is 34.1 Å². The Morgan fingerprint density at radius 2 is 0.500 bits per heavy atom. The van der Waals surface area contributed by atoms with E-state index in [1.165, 1.54) is 0 Å². The van der Waals surface area contributed by atoms with Crippen LogP contribution in [-0.4, -0.2) is 0 Å². The van der Waals surface area contributed by atoms with Gasteiger partial charge in [-0.1, -0.05) is 121 Å². The van der Waals surface area contributed by atoms with Gasteiger partial charge in [0.25, 0.3) is 0 Å². The highest BCUT2D eigenvalue weighted by molar-refractivity contribution is 5.80. The smallest absolute Gasteiger partial charge is 0.0645 e. The Balaban J connectivity index is 1.31. The van der Waals surface area contributed by atoms with E-state index in [4.69, 9.17) is 11.0 Å². The molecule has 7 aromatic rings. The molecule has 7 aromatic carbocycles. The normalized spacial score (nSPS) is 13.3. The molecule has 0 aromatic heterocycles. The van der Waals surface area contributed by atoms with Gasteiger partial charge in [0.1, 0.15) is 0 Å². The van der Waals surface area contributed by atoms with Crippen LogP contribution in [0.25, 0.3) is 22.3 Å². The standard InChI is InChI=1S/C42H32N2/c1-5-13-37(14-6-1)43(38-15-7-2-8-16-38)41-29-25-35(26-30-41)33-21-23-34(24-22-33)36-27-31-42(32-28-36)44(39-17-9-3-10-18-39)40-19-11-4-12-20-40/h1-32H/i25D,26D,27D,28D,29D,30D,31D,32D. The molecule has 7 rings (SSSR count). The van der Waals surface area contributed by atoms with E-state index < -0.39 is 0 Å². The van der Waals surface area contributed by atoms with E-state index in [0.29, 0.717) is 33.9 Å². The lowest BCUT2D eigenvalue weighted by molar-refractivity contribution is 1.28. The van der Waals surface area contributed by atoms with Gasteiger partial charge in [-0.25, -0.2) is 0 Å². The molecule has 210 valence electrons. The molecule has 0 spiro atoms. The maximum absolute atomic E-state index is 9.08. The highest BCUT2D eigenvalue weighted by Gasteiger charge is 2.13. The number of rotatable bonds is 8. The summed E-state index contributed by atoms with van der Waals surface area (Å²) < 4.78 is 72.5. The van der Waals surface area contributed by atoms with Crippen molar-refractivity contribution in [2.75, 3.05) is 9.80 Å². The maximum atomic E-state index is 9.08. The summed E-state index contributed by atoms with van der Waals surface area (Å²) in [4.78, 5) is 3.44. The molecule has 0 aliphatic heterocycles. The molecule has 44 heavy (non-hydrogen) atoms. The lowest BCUT2D eigenvalue weighted by atomic mass is 9.99. The molecular weight excluding hydrogens is 532 g/mol. The van der Waals surface area contributed by atoms with Crippen molar-refractivity contribution in [2.24, 2.45) is 0 Å². The van der Waals surface area contributed by atoms with Gasteiger partial charge in [-0.3, -0.25) is 0 Å². The number of hydrogen-bond acceptors (Lipinski definition) is 2. The minimum atomic E-state index is -0.212. The molecule has 0 heterocycles. The van der Waals surface area contributed by atoms with Crippen LogP contribution in [0.3, 0.4) is 0 Å². The molecular formula is C42H32N2. The molecule has 0 fully saturated rings. The fourth-order valence-electron chi connectivity index (χ4n) is 5.05. The second kappa shape index (κ2) is 12.6. The summed E-state index contributed by atoms with van der Waals surface area (Å²) in [6.45, 7) is 0. The monoisotopic (exact) mass is 572 g/mol. The van der Waals surface area contributed by atoms with Gasteiger partial charge < -0.3 is 9.80 Å². The van der Waals surface area contributed by atoms with Gasteiger partial charge in [0.15, 0.2) is 0 Å². The highest BCUT2D eigenvalue weighted by atomic mass is 15.1. The largest absolute Gasteiger partial charge is 0.311 e. The van der Waals surface area contributed by atoms with Gasteiger partial charge in [0.2, 0.25) is 0 Å². The molecule has 0 saturated heterocycles. The zero-order valence-corrected chi connectivity index (χ0v) is 23.8. The number of nitrogens with zero attached hydrogens (tertiary/aromatic N) is 2. The van der Waals surface area contributed by atoms with E-state index in [1.54, 1.807) is 34.1 Å². The SMILES string of the molecule is [2H]c1c([2H])c(N(c2ccccc2)c2ccccc2)c([2H])c([2H])c1-c1ccc(-c2c([2H])c([2H])c(N(c3ccccc3)c3ccccc3)c([2H])c2[2H])cc1. The third-order valence-electron chi connectivity index (χ3n) is 7.19. The van der Waals surface area contributed by atoms with E-state index in [-0.39, 0.29) is 70.8 Å². The molecule has 0 bridgehead atoms. The third kappa shape index (κ3) is 5.74. The van der Waals surface area contributed by atoms with Crippen LogP contribution < -0.4 is 9.80 Å². The molecule has 0 amide bonds. The third-order valence-corrected chi connectivity index (χ3v) is 7.19. The fraction of sp³-hybridized carbons (Fsp3) is 0. The second-order valence-electron chi connectivity index (χ2n) is 10.0. The number of benzene rings is 7. The molecule has 2 nitrogen and oxygen atoms in total. The zero-order chi connectivity index (χ0) is 36.5. The van der Waals surface area contributed by atoms with Gasteiger partial charge in [-0.05, 0) is 95.0 Å². The van der Waals surface area contributed by atoms with Crippen LogP contribution in [0.1, 0.15) is 11.0 Å². The van der Waals surface area contributed by atoms with E-state index in [9.17, 15) is 0 Å². The maximum Gasteiger partial charge on any atom is 0.0645 e. The second-order valence-corrected chi connectivity index (χ2v) is 10.0. The van der Waals surface area contributed by atoms with E-state index in [2.05, 4.69) is 0 Å². The predicted octanol–water partition coefficient (Wildman–Crippen LogP) is 12.0. The Labute approximate surface area is 271 Å². The minimum Gasteiger partial charge on any atom is -0.311 e. The van der Waals surface area contributed by atoms with Crippen LogP contribution in [0, 0.1) is 0 Å². The lowest BCUT2D eigenvalue weighted by Gasteiger charge is -2.25. The summed E-state index contributed by atoms with van der Waals surface area (Å²) in [6, 6.07) is 42.0. The quantitative estimate of drug-likeness (QED) is 0.179. The summed E-state index contributed by atoms with van der Waals surface area (Å²) in [5.74, 6) is 0. The van der Waals surface area contributed by atoms with Crippen molar-refractivity contribution < 1.29 is 11.0 Å². The van der Waals surface area contributed by atoms with Crippen molar-refractivity contribution in [3.8, 4) is 22.3 Å². The number of hydrogen-bond donors (Lipinski definition) is 0. The van der Waals surface area contributed by atoms with Crippen molar-refractivity contribution in [2.45, 2.75) is 0 Å². The average Bonchev–Trinajstić information content (AvgIpc) is 3.18. The van der Waals surface area contributed by atoms with Gasteiger partial charge in [0.05, 0.1) is 11.0 Å². The van der Waals surface area contributed by atoms with E-state index in [1.807, 2.05) is 121 Å². The van der Waals surface area contributed by atoms with Gasteiger partial charge >= 0.3 is 0 Å². The molecule has 0 radical (unpaired) electrons. The first-order valence-electron chi connectivity index (χ1n) is 18.3. The van der Waals surface area contributed by atoms with Crippen molar-refractivity contribution in [3.63, 3.8) is 0 Å². The molecule has 0 unspecified atom stereocenters. The molecule has 0 atom stereocenters. The van der Waals surface area contributed by atoms with Crippen LogP contribution in [-0.2, 0) is 0 Å². The molecule has 0 saturated carbocycles. The minimum absolute atomic E-state index is 0.114. The van der Waals surface area contributed by atoms with Crippen LogP contribution in [0.15, 0.2) is 194 Å². The summed E-state index contributed by atoms with van der Waals surface area (Å²) in [7, 11) is 0. The molecule has 2 heteroatoms. The summed E-state index contributed by atoms with van der Waals surface area (Å²) in [5.41, 5.74) is 4.06. The first-order valence-corrected chi connectivity index (χ1v) is 14.3. The molecule has 0 aliphatic carbocycles. The van der Waals surface area contributed by atoms with Gasteiger partial charge in [-0.15, -0.1) is 0 Å². The lowest BCUT2D eigenvalue weighted by Crippen LogP contribution is -2.09. The summed E-state index contributed by atoms with van der Waals surface area (Å²) in [5, 5.41) is 0. The summed E-state index contributed by atoms with van der Waals surface area (Å²) >= 11 is 0. The Bertz CT molecular complexity index is 2070. The van der Waals surface area contributed by atoms with E-state index in [0.717, 1.165) is 0 Å². The van der Waals surface area contributed by atoms with Crippen LogP contribution in [0.5, 0.6) is 0 Å². The van der Waals surface area contributed by atoms with Gasteiger partial charge in [-0.2, -0.15) is 0 Å². The highest BCUT2D eigenvalue weighted by Crippen LogP contribution is 2.37. The van der Waals surface area contributed by atoms with Crippen molar-refractivity contribution >= 4 is 34.1 Å². The van der Waals surface area contributed by atoms with Crippen LogP contribution in [0.2, 0.25) is 0 Å². The predicted molar refractivity (Wildman–Crippen MR) is 187 cm³/mol. The Kier molecular flexibility index (Phi) is 5.53. The van der Waals surface area contributed by atoms with E-state index >= 15 is 0 Å². The first kappa shape index (κ1) is 19.4. The molecule has 0 N–H and O–H groups in total. The van der Waals surface area contributed by atoms with Crippen molar-refractivity contribution in [3.05, 3.63) is 194 Å². The van der Waals surface area contributed by atoms with Crippen molar-refractivity contribution in [1.29, 1.82) is 0 Å². The van der Waals surface area contributed by atoms with Crippen LogP contribution >= 0.6 is 0 Å². The van der Waals surface area contributed by atoms with Crippen molar-refractivity contribution in [1.82, 2.24) is 0 Å².